The Bertz CT molecular complexity index is 4170. The molecule has 2 aromatic heterocycles. The minimum Gasteiger partial charge on any atom is -0.490 e. The molecule has 2 aliphatic rings. The molecule has 17 nitrogen and oxygen atoms in total. The van der Waals surface area contributed by atoms with Crippen LogP contribution in [0.1, 0.15) is 97.6 Å². The molecule has 3 amide bonds. The molecule has 109 heavy (non-hydrogen) atoms. The van der Waals surface area contributed by atoms with Gasteiger partial charge in [0.05, 0.1) is 23.7 Å². The number of aryl methyl sites for hydroxylation is 5. The van der Waals surface area contributed by atoms with Crippen molar-refractivity contribution in [3.63, 3.8) is 0 Å². The summed E-state index contributed by atoms with van der Waals surface area (Å²) in [7, 11) is 0. The molecule has 0 spiro atoms. The van der Waals surface area contributed by atoms with E-state index in [2.05, 4.69) is 145 Å². The summed E-state index contributed by atoms with van der Waals surface area (Å²) in [5.74, 6) is 1.32. The van der Waals surface area contributed by atoms with Crippen LogP contribution in [0.15, 0.2) is 255 Å². The number of pyridine rings is 2. The number of hydrogen-bond acceptors (Lipinski definition) is 14. The van der Waals surface area contributed by atoms with E-state index in [1.165, 1.54) is 27.8 Å². The first-order valence-corrected chi connectivity index (χ1v) is 39.2. The molecule has 2 unspecified atom stereocenters. The fourth-order valence-corrected chi connectivity index (χ4v) is 14.3. The van der Waals surface area contributed by atoms with Gasteiger partial charge in [0.15, 0.2) is 0 Å². The molecule has 2 saturated heterocycles. The van der Waals surface area contributed by atoms with Crippen molar-refractivity contribution in [3.05, 3.63) is 288 Å². The second kappa shape index (κ2) is 46.0. The van der Waals surface area contributed by atoms with E-state index in [1.54, 1.807) is 17.3 Å². The Morgan fingerprint density at radius 2 is 0.862 bits per heavy atom. The number of piperazine rings is 2. The third kappa shape index (κ3) is 29.0. The van der Waals surface area contributed by atoms with Crippen LogP contribution in [-0.4, -0.2) is 166 Å². The number of aliphatic hydroxyl groups is 2. The predicted molar refractivity (Wildman–Crippen MR) is 434 cm³/mol. The number of aliphatic hydroxyl groups excluding tert-OH is 2. The van der Waals surface area contributed by atoms with Gasteiger partial charge < -0.3 is 45.3 Å². The fourth-order valence-electron chi connectivity index (χ4n) is 14.2. The molecule has 8 aromatic carbocycles. The minimum absolute atomic E-state index is 0.00360. The molecule has 10 aromatic rings. The molecule has 4 heterocycles. The molecule has 5 N–H and O–H groups in total. The van der Waals surface area contributed by atoms with Crippen molar-refractivity contribution >= 4 is 56.4 Å². The van der Waals surface area contributed by atoms with Crippen LogP contribution < -0.4 is 25.4 Å². The Labute approximate surface area is 648 Å². The normalized spacial score (nSPS) is 15.1. The highest BCUT2D eigenvalue weighted by atomic mass is 35.5. The van der Waals surface area contributed by atoms with Gasteiger partial charge in [0.1, 0.15) is 49.6 Å². The van der Waals surface area contributed by atoms with Crippen LogP contribution in [0.4, 0.5) is 0 Å². The highest BCUT2D eigenvalue weighted by molar-refractivity contribution is 6.63. The third-order valence-electron chi connectivity index (χ3n) is 19.8. The maximum atomic E-state index is 14.3. The van der Waals surface area contributed by atoms with E-state index >= 15 is 0 Å². The van der Waals surface area contributed by atoms with Crippen LogP contribution >= 0.6 is 11.6 Å². The zero-order valence-electron chi connectivity index (χ0n) is 62.7. The largest absolute Gasteiger partial charge is 0.490 e. The van der Waals surface area contributed by atoms with Crippen molar-refractivity contribution < 1.29 is 43.6 Å². The highest BCUT2D eigenvalue weighted by Gasteiger charge is 2.37. The van der Waals surface area contributed by atoms with E-state index in [-0.39, 0.29) is 55.7 Å². The number of carbonyl (C=O) groups excluding carboxylic acids is 4. The van der Waals surface area contributed by atoms with Crippen molar-refractivity contribution in [2.24, 2.45) is 0 Å². The Balaban J connectivity index is 0.000000205. The van der Waals surface area contributed by atoms with Crippen molar-refractivity contribution in [2.75, 3.05) is 72.2 Å². The maximum absolute atomic E-state index is 14.3. The second-order valence-corrected chi connectivity index (χ2v) is 28.7. The van der Waals surface area contributed by atoms with Gasteiger partial charge in [-0.05, 0) is 183 Å². The lowest BCUT2D eigenvalue weighted by Crippen LogP contribution is -2.62. The molecule has 0 aliphatic carbocycles. The summed E-state index contributed by atoms with van der Waals surface area (Å²) in [6.07, 6.45) is 15.5. The van der Waals surface area contributed by atoms with Gasteiger partial charge in [0.2, 0.25) is 23.0 Å². The van der Waals surface area contributed by atoms with Crippen molar-refractivity contribution in [1.82, 2.24) is 40.6 Å². The first kappa shape index (κ1) is 81.8. The Hall–Kier alpha value is -9.69. The van der Waals surface area contributed by atoms with Gasteiger partial charge in [0, 0.05) is 94.0 Å². The first-order valence-electron chi connectivity index (χ1n) is 38.8. The summed E-state index contributed by atoms with van der Waals surface area (Å²) >= 11 is 5.08. The second-order valence-electron chi connectivity index (χ2n) is 28.3. The predicted octanol–water partition coefficient (Wildman–Crippen LogP) is 13.8. The molecule has 572 valence electrons. The van der Waals surface area contributed by atoms with Gasteiger partial charge in [-0.3, -0.25) is 38.9 Å². The fraction of sp³-hybridized carbons (Fsp3) is 0.363. The van der Waals surface area contributed by atoms with E-state index in [0.717, 1.165) is 124 Å². The number of hydrogen-bond donors (Lipinski definition) is 5. The molecule has 18 heteroatoms. The highest BCUT2D eigenvalue weighted by Crippen LogP contribution is 2.27. The lowest BCUT2D eigenvalue weighted by Gasteiger charge is -2.41. The molecular formula is C91H107ClN8O9. The number of carbonyl (C=O) groups is 4. The molecule has 0 radical (unpaired) electrons. The maximum Gasteiger partial charge on any atom is 0.247 e. The lowest BCUT2D eigenvalue weighted by molar-refractivity contribution is -0.144. The lowest BCUT2D eigenvalue weighted by atomic mass is 9.98. The zero-order chi connectivity index (χ0) is 75.9. The van der Waals surface area contributed by atoms with Gasteiger partial charge >= 0.3 is 0 Å². The zero-order valence-corrected chi connectivity index (χ0v) is 63.4. The van der Waals surface area contributed by atoms with Crippen LogP contribution in [0.5, 0.6) is 11.5 Å². The van der Waals surface area contributed by atoms with Crippen molar-refractivity contribution in [3.8, 4) is 11.5 Å². The Morgan fingerprint density at radius 3 is 1.29 bits per heavy atom. The number of nitrogens with zero attached hydrogens (tertiary/aromatic N) is 5. The van der Waals surface area contributed by atoms with E-state index < -0.39 is 23.5 Å². The molecular weight excluding hydrogens is 1380 g/mol. The monoisotopic (exact) mass is 1490 g/mol. The summed E-state index contributed by atoms with van der Waals surface area (Å²) in [6.45, 7) is 4.85. The van der Waals surface area contributed by atoms with Gasteiger partial charge in [-0.2, -0.15) is 0 Å². The average Bonchev–Trinajstić information content (AvgIpc) is 0.830. The summed E-state index contributed by atoms with van der Waals surface area (Å²) < 4.78 is 17.0. The van der Waals surface area contributed by atoms with Crippen LogP contribution in [0.2, 0.25) is 0 Å². The number of rotatable bonds is 38. The molecule has 4 atom stereocenters. The standard InChI is InChI=1S/C46H54N4O4.C36H44N4O3.C9H9ClO2/c51-40(35-54-44-28-13-27-42-41(44)26-14-30-47-42)33-49-31-32-50(45(52)29-12-23-38-19-8-3-9-20-38)43(34-49)46(53)48-39(24-10-21-36-15-4-1-5-16-36)25-11-22-37-17-6-2-7-18-37;41-31(27-43-35-21-9-20-33-32(35)19-10-22-37-33)25-40-24-23-38-34(26-40)36(42)39-30(17-7-15-28-11-3-1-4-12-28)18-8-16-29-13-5-2-6-14-29;10-9(11)7-12-6-8-4-2-1-3-5-8/h1-9,13-20,26-28,30,39-40,43,51H,10-12,21-25,29,31-35H2,(H,48,53);1-6,9-14,19-22,30-31,34,38,41H,7-8,15-18,23-27H2,(H,39,42);1-5H,6-7H2/t40-,43?;31-,34?;/m11./s1. The summed E-state index contributed by atoms with van der Waals surface area (Å²) in [5, 5.41) is 33.4. The summed E-state index contributed by atoms with van der Waals surface area (Å²) in [5.41, 5.74) is 9.19. The van der Waals surface area contributed by atoms with E-state index in [4.69, 9.17) is 25.8 Å². The Kier molecular flexibility index (Phi) is 34.5. The molecule has 2 fully saturated rings. The summed E-state index contributed by atoms with van der Waals surface area (Å²) in [6, 6.07) is 80.2. The van der Waals surface area contributed by atoms with Crippen molar-refractivity contribution in [2.45, 2.75) is 139 Å². The minimum atomic E-state index is -0.780. The van der Waals surface area contributed by atoms with Gasteiger partial charge in [-0.15, -0.1) is 0 Å². The van der Waals surface area contributed by atoms with E-state index in [9.17, 15) is 29.4 Å². The Morgan fingerprint density at radius 1 is 0.459 bits per heavy atom. The van der Waals surface area contributed by atoms with E-state index in [1.807, 2.05) is 133 Å². The molecule has 12 rings (SSSR count). The SMILES string of the molecule is O=C(Cl)COCc1ccccc1.O=C(NC(CCCc1ccccc1)CCCc1ccccc1)C1CN(C[C@@H](O)COc2cccc3ncccc23)CCN1.O=C(NC(CCCc1ccccc1)CCCc1ccccc1)C1CN(C[C@@H](O)COc2cccc3ncccc23)CCN1C(=O)CCCc1ccccc1. The van der Waals surface area contributed by atoms with Crippen molar-refractivity contribution in [1.29, 1.82) is 0 Å². The van der Waals surface area contributed by atoms with Gasteiger partial charge in [-0.25, -0.2) is 0 Å². The molecule has 0 saturated carbocycles. The number of amides is 3. The quantitative estimate of drug-likeness (QED) is 0.0228. The number of fused-ring (bicyclic) bond motifs is 2. The number of aromatic nitrogens is 2. The topological polar surface area (TPSA) is 208 Å². The number of nitrogens with one attached hydrogen (secondary N) is 3. The molecule has 0 bridgehead atoms. The van der Waals surface area contributed by atoms with Gasteiger partial charge in [-0.1, -0.05) is 194 Å². The van der Waals surface area contributed by atoms with Crippen LogP contribution in [-0.2, 0) is 62.6 Å². The number of benzene rings is 8. The number of ether oxygens (including phenoxy) is 3. The third-order valence-corrected chi connectivity index (χ3v) is 19.9. The van der Waals surface area contributed by atoms with Crippen LogP contribution in [0.25, 0.3) is 21.8 Å². The summed E-state index contributed by atoms with van der Waals surface area (Å²) in [4.78, 5) is 66.7. The van der Waals surface area contributed by atoms with Crippen LogP contribution in [0.3, 0.4) is 0 Å². The molecule has 2 aliphatic heterocycles. The van der Waals surface area contributed by atoms with Gasteiger partial charge in [0.25, 0.3) is 0 Å². The van der Waals surface area contributed by atoms with Crippen LogP contribution in [0, 0.1) is 0 Å². The number of halogens is 1. The van der Waals surface area contributed by atoms with E-state index in [0.29, 0.717) is 70.3 Å². The number of β-amino-alcohol motifs (C(OH)–C–C–N with tert-alkyl or cyclic N) is 2. The average molecular weight is 1490 g/mol. The first-order chi connectivity index (χ1) is 53.4. The smallest absolute Gasteiger partial charge is 0.247 e.